The van der Waals surface area contributed by atoms with Crippen molar-refractivity contribution in [1.82, 2.24) is 15.1 Å². The highest BCUT2D eigenvalue weighted by molar-refractivity contribution is 5.62. The van der Waals surface area contributed by atoms with Crippen molar-refractivity contribution < 1.29 is 9.26 Å². The van der Waals surface area contributed by atoms with Crippen LogP contribution >= 0.6 is 0 Å². The molecule has 0 saturated heterocycles. The minimum atomic E-state index is 0.464. The average molecular weight is 309 g/mol. The van der Waals surface area contributed by atoms with Crippen LogP contribution in [-0.4, -0.2) is 21.7 Å². The summed E-state index contributed by atoms with van der Waals surface area (Å²) < 4.78 is 10.9. The van der Waals surface area contributed by atoms with E-state index in [1.807, 2.05) is 38.1 Å². The first-order valence-corrected chi connectivity index (χ1v) is 7.59. The molecule has 0 N–H and O–H groups in total. The predicted octanol–water partition coefficient (Wildman–Crippen LogP) is 4.12. The molecule has 1 aromatic carbocycles. The minimum absolute atomic E-state index is 0.464. The summed E-state index contributed by atoms with van der Waals surface area (Å²) in [6.07, 6.45) is 0. The number of benzene rings is 1. The molecule has 0 aliphatic heterocycles. The molecule has 118 valence electrons. The van der Waals surface area contributed by atoms with Crippen molar-refractivity contribution in [2.45, 2.75) is 27.7 Å². The SMILES string of the molecule is CCOc1cc(-c2nc(-c3cc(C)cc(C)c3)no2)cc(C)n1. The summed E-state index contributed by atoms with van der Waals surface area (Å²) in [6.45, 7) is 8.51. The molecule has 0 amide bonds. The van der Waals surface area contributed by atoms with Crippen LogP contribution in [-0.2, 0) is 0 Å². The van der Waals surface area contributed by atoms with Gasteiger partial charge in [0.05, 0.1) is 6.61 Å². The Morgan fingerprint density at radius 2 is 1.65 bits per heavy atom. The zero-order chi connectivity index (χ0) is 16.4. The molecule has 0 spiro atoms. The smallest absolute Gasteiger partial charge is 0.258 e. The van der Waals surface area contributed by atoms with Gasteiger partial charge in [0, 0.05) is 22.9 Å². The largest absolute Gasteiger partial charge is 0.478 e. The lowest BCUT2D eigenvalue weighted by Crippen LogP contribution is -1.96. The van der Waals surface area contributed by atoms with Crippen LogP contribution in [0.3, 0.4) is 0 Å². The van der Waals surface area contributed by atoms with E-state index in [2.05, 4.69) is 35.0 Å². The van der Waals surface area contributed by atoms with Gasteiger partial charge in [0.2, 0.25) is 11.7 Å². The summed E-state index contributed by atoms with van der Waals surface area (Å²) in [5.41, 5.74) is 4.95. The van der Waals surface area contributed by atoms with Gasteiger partial charge in [0.25, 0.3) is 5.89 Å². The first-order valence-electron chi connectivity index (χ1n) is 7.59. The second-order valence-electron chi connectivity index (χ2n) is 5.57. The molecular formula is C18H19N3O2. The van der Waals surface area contributed by atoms with Crippen molar-refractivity contribution in [2.75, 3.05) is 6.61 Å². The van der Waals surface area contributed by atoms with Gasteiger partial charge in [-0.2, -0.15) is 4.98 Å². The fourth-order valence-corrected chi connectivity index (χ4v) is 2.55. The Hall–Kier alpha value is -2.69. The standard InChI is InChI=1S/C18H19N3O2/c1-5-22-16-10-15(9-13(4)19-16)18-20-17(21-23-18)14-7-11(2)6-12(3)8-14/h6-10H,5H2,1-4H3. The van der Waals surface area contributed by atoms with Gasteiger partial charge in [0.15, 0.2) is 0 Å². The highest BCUT2D eigenvalue weighted by Crippen LogP contribution is 2.26. The molecule has 23 heavy (non-hydrogen) atoms. The van der Waals surface area contributed by atoms with Crippen LogP contribution in [0.25, 0.3) is 22.8 Å². The number of hydrogen-bond acceptors (Lipinski definition) is 5. The molecule has 0 bridgehead atoms. The maximum Gasteiger partial charge on any atom is 0.258 e. The number of ether oxygens (including phenoxy) is 1. The molecule has 0 aliphatic rings. The summed E-state index contributed by atoms with van der Waals surface area (Å²) in [6, 6.07) is 9.93. The predicted molar refractivity (Wildman–Crippen MR) is 88.3 cm³/mol. The van der Waals surface area contributed by atoms with Crippen LogP contribution in [0.4, 0.5) is 0 Å². The number of hydrogen-bond donors (Lipinski definition) is 0. The molecule has 5 nitrogen and oxygen atoms in total. The van der Waals surface area contributed by atoms with Gasteiger partial charge in [-0.1, -0.05) is 22.3 Å². The molecule has 0 atom stereocenters. The molecule has 2 aromatic heterocycles. The molecule has 0 fully saturated rings. The van der Waals surface area contributed by atoms with Crippen molar-refractivity contribution in [3.63, 3.8) is 0 Å². The van der Waals surface area contributed by atoms with Crippen LogP contribution in [0.5, 0.6) is 5.88 Å². The molecule has 0 saturated carbocycles. The van der Waals surface area contributed by atoms with Crippen molar-refractivity contribution in [1.29, 1.82) is 0 Å². The Kier molecular flexibility index (Phi) is 4.10. The first-order chi connectivity index (χ1) is 11.0. The third-order valence-electron chi connectivity index (χ3n) is 3.37. The van der Waals surface area contributed by atoms with E-state index in [0.29, 0.717) is 24.2 Å². The second kappa shape index (κ2) is 6.20. The molecule has 0 unspecified atom stereocenters. The molecule has 2 heterocycles. The van der Waals surface area contributed by atoms with Gasteiger partial charge in [-0.25, -0.2) is 4.98 Å². The molecule has 5 heteroatoms. The minimum Gasteiger partial charge on any atom is -0.478 e. The van der Waals surface area contributed by atoms with Crippen molar-refractivity contribution in [3.05, 3.63) is 47.2 Å². The molecule has 0 aliphatic carbocycles. The van der Waals surface area contributed by atoms with E-state index in [9.17, 15) is 0 Å². The topological polar surface area (TPSA) is 61.0 Å². The summed E-state index contributed by atoms with van der Waals surface area (Å²) >= 11 is 0. The molecule has 3 rings (SSSR count). The van der Waals surface area contributed by atoms with Crippen molar-refractivity contribution in [2.24, 2.45) is 0 Å². The summed E-state index contributed by atoms with van der Waals surface area (Å²) in [7, 11) is 0. The molecular weight excluding hydrogens is 290 g/mol. The quantitative estimate of drug-likeness (QED) is 0.725. The lowest BCUT2D eigenvalue weighted by molar-refractivity contribution is 0.326. The van der Waals surface area contributed by atoms with Gasteiger partial charge in [-0.05, 0) is 45.9 Å². The molecule has 3 aromatic rings. The van der Waals surface area contributed by atoms with Crippen LogP contribution in [0.15, 0.2) is 34.9 Å². The van der Waals surface area contributed by atoms with Crippen LogP contribution < -0.4 is 4.74 Å². The Bertz CT molecular complexity index is 820. The Morgan fingerprint density at radius 1 is 0.913 bits per heavy atom. The number of aromatic nitrogens is 3. The summed E-state index contributed by atoms with van der Waals surface area (Å²) in [5.74, 6) is 1.61. The maximum atomic E-state index is 5.47. The van der Waals surface area contributed by atoms with E-state index in [0.717, 1.165) is 16.8 Å². The number of pyridine rings is 1. The fraction of sp³-hybridized carbons (Fsp3) is 0.278. The highest BCUT2D eigenvalue weighted by atomic mass is 16.5. The third kappa shape index (κ3) is 3.39. The average Bonchev–Trinajstić information content (AvgIpc) is 2.96. The monoisotopic (exact) mass is 309 g/mol. The van der Waals surface area contributed by atoms with E-state index in [1.165, 1.54) is 11.1 Å². The lowest BCUT2D eigenvalue weighted by atomic mass is 10.1. The van der Waals surface area contributed by atoms with E-state index in [4.69, 9.17) is 9.26 Å². The lowest BCUT2D eigenvalue weighted by Gasteiger charge is -2.04. The first kappa shape index (κ1) is 15.2. The zero-order valence-electron chi connectivity index (χ0n) is 13.8. The number of nitrogens with zero attached hydrogens (tertiary/aromatic N) is 3. The Balaban J connectivity index is 1.98. The van der Waals surface area contributed by atoms with E-state index in [1.54, 1.807) is 0 Å². The number of rotatable bonds is 4. The fourth-order valence-electron chi connectivity index (χ4n) is 2.55. The van der Waals surface area contributed by atoms with Crippen LogP contribution in [0.2, 0.25) is 0 Å². The van der Waals surface area contributed by atoms with Gasteiger partial charge < -0.3 is 9.26 Å². The van der Waals surface area contributed by atoms with Crippen LogP contribution in [0, 0.1) is 20.8 Å². The molecule has 0 radical (unpaired) electrons. The van der Waals surface area contributed by atoms with E-state index < -0.39 is 0 Å². The van der Waals surface area contributed by atoms with Crippen molar-refractivity contribution in [3.8, 4) is 28.7 Å². The number of aryl methyl sites for hydroxylation is 3. The second-order valence-corrected chi connectivity index (χ2v) is 5.57. The Labute approximate surface area is 135 Å². The van der Waals surface area contributed by atoms with Crippen LogP contribution in [0.1, 0.15) is 23.7 Å². The van der Waals surface area contributed by atoms with E-state index in [-0.39, 0.29) is 0 Å². The third-order valence-corrected chi connectivity index (χ3v) is 3.37. The van der Waals surface area contributed by atoms with Gasteiger partial charge in [-0.15, -0.1) is 0 Å². The normalized spacial score (nSPS) is 10.8. The van der Waals surface area contributed by atoms with Gasteiger partial charge in [0.1, 0.15) is 0 Å². The maximum absolute atomic E-state index is 5.47. The summed E-state index contributed by atoms with van der Waals surface area (Å²) in [4.78, 5) is 8.84. The van der Waals surface area contributed by atoms with Gasteiger partial charge >= 0.3 is 0 Å². The van der Waals surface area contributed by atoms with E-state index >= 15 is 0 Å². The zero-order valence-corrected chi connectivity index (χ0v) is 13.8. The summed E-state index contributed by atoms with van der Waals surface area (Å²) in [5, 5.41) is 4.10. The van der Waals surface area contributed by atoms with Gasteiger partial charge in [-0.3, -0.25) is 0 Å². The highest BCUT2D eigenvalue weighted by Gasteiger charge is 2.13. The Morgan fingerprint density at radius 3 is 2.35 bits per heavy atom. The van der Waals surface area contributed by atoms with Crippen molar-refractivity contribution >= 4 is 0 Å².